The molecule has 0 aliphatic carbocycles. The normalized spacial score (nSPS) is 18.4. The van der Waals surface area contributed by atoms with Crippen molar-refractivity contribution in [2.24, 2.45) is 0 Å². The number of likely N-dealkylation sites (N-methyl/N-ethyl adjacent to an activating group) is 1. The van der Waals surface area contributed by atoms with E-state index < -0.39 is 0 Å². The largest absolute Gasteiger partial charge is 0.369 e. The summed E-state index contributed by atoms with van der Waals surface area (Å²) in [6, 6.07) is 11.7. The zero-order valence-electron chi connectivity index (χ0n) is 13.9. The van der Waals surface area contributed by atoms with Gasteiger partial charge in [0.2, 0.25) is 0 Å². The van der Waals surface area contributed by atoms with E-state index in [1.54, 1.807) is 12.4 Å². The molecule has 128 valence electrons. The number of aromatic nitrogens is 3. The lowest BCUT2D eigenvalue weighted by Gasteiger charge is -2.30. The highest BCUT2D eigenvalue weighted by molar-refractivity contribution is 6.30. The molecule has 0 bridgehead atoms. The average Bonchev–Trinajstić information content (AvgIpc) is 3.08. The Hall–Kier alpha value is -2.21. The predicted molar refractivity (Wildman–Crippen MR) is 98.5 cm³/mol. The highest BCUT2D eigenvalue weighted by Gasteiger charge is 2.27. The van der Waals surface area contributed by atoms with Gasteiger partial charge in [-0.1, -0.05) is 23.7 Å². The molecule has 1 unspecified atom stereocenters. The molecule has 0 radical (unpaired) electrons. The summed E-state index contributed by atoms with van der Waals surface area (Å²) in [5, 5.41) is 8.54. The summed E-state index contributed by atoms with van der Waals surface area (Å²) in [6.45, 7) is 2.49. The van der Waals surface area contributed by atoms with Gasteiger partial charge in [-0.25, -0.2) is 0 Å². The molecule has 25 heavy (non-hydrogen) atoms. The van der Waals surface area contributed by atoms with Gasteiger partial charge in [-0.15, -0.1) is 0 Å². The van der Waals surface area contributed by atoms with Gasteiger partial charge in [-0.3, -0.25) is 10.1 Å². The molecule has 2 aromatic heterocycles. The molecular formula is C19H19ClN4O. The van der Waals surface area contributed by atoms with E-state index in [9.17, 15) is 0 Å². The first kappa shape index (κ1) is 16.3. The molecular weight excluding hydrogens is 336 g/mol. The predicted octanol–water partition coefficient (Wildman–Crippen LogP) is 3.80. The number of ether oxygens (including phenoxy) is 1. The van der Waals surface area contributed by atoms with Crippen LogP contribution in [0.2, 0.25) is 5.02 Å². The highest BCUT2D eigenvalue weighted by Crippen LogP contribution is 2.37. The maximum atomic E-state index is 6.04. The van der Waals surface area contributed by atoms with Gasteiger partial charge >= 0.3 is 0 Å². The summed E-state index contributed by atoms with van der Waals surface area (Å²) in [4.78, 5) is 6.41. The second-order valence-corrected chi connectivity index (χ2v) is 6.66. The van der Waals surface area contributed by atoms with Crippen molar-refractivity contribution < 1.29 is 4.74 Å². The zero-order valence-corrected chi connectivity index (χ0v) is 14.7. The Morgan fingerprint density at radius 1 is 1.12 bits per heavy atom. The summed E-state index contributed by atoms with van der Waals surface area (Å²) < 4.78 is 6.02. The van der Waals surface area contributed by atoms with Gasteiger partial charge in [0.05, 0.1) is 12.3 Å². The van der Waals surface area contributed by atoms with E-state index in [2.05, 4.69) is 27.1 Å². The standard InChI is InChI=1S/C19H19ClN4O/c1-24-10-11-25-16(12-24)19-17(13-6-8-21-9-7-13)18(22-23-19)14-2-4-15(20)5-3-14/h2-9,16H,10-12H2,1H3,(H,22,23). The smallest absolute Gasteiger partial charge is 0.112 e. The maximum absolute atomic E-state index is 6.04. The lowest BCUT2D eigenvalue weighted by Crippen LogP contribution is -2.35. The minimum atomic E-state index is -0.0320. The fourth-order valence-corrected chi connectivity index (χ4v) is 3.29. The molecule has 1 aliphatic rings. The second kappa shape index (κ2) is 6.96. The Morgan fingerprint density at radius 2 is 1.88 bits per heavy atom. The average molecular weight is 355 g/mol. The number of benzene rings is 1. The third-order valence-corrected chi connectivity index (χ3v) is 4.72. The summed E-state index contributed by atoms with van der Waals surface area (Å²) in [6.07, 6.45) is 3.56. The maximum Gasteiger partial charge on any atom is 0.112 e. The van der Waals surface area contributed by atoms with Crippen molar-refractivity contribution in [1.29, 1.82) is 0 Å². The molecule has 3 aromatic rings. The number of aromatic amines is 1. The van der Waals surface area contributed by atoms with Gasteiger partial charge in [0.1, 0.15) is 11.8 Å². The third kappa shape index (κ3) is 3.31. The van der Waals surface area contributed by atoms with Crippen LogP contribution in [0.5, 0.6) is 0 Å². The van der Waals surface area contributed by atoms with Gasteiger partial charge in [0, 0.05) is 41.6 Å². The molecule has 1 atom stereocenters. The lowest BCUT2D eigenvalue weighted by molar-refractivity contribution is -0.0228. The van der Waals surface area contributed by atoms with Crippen LogP contribution in [-0.4, -0.2) is 46.8 Å². The van der Waals surface area contributed by atoms with Gasteiger partial charge in [-0.2, -0.15) is 5.10 Å². The number of halogens is 1. The van der Waals surface area contributed by atoms with Crippen LogP contribution >= 0.6 is 11.6 Å². The van der Waals surface area contributed by atoms with Gasteiger partial charge in [0.25, 0.3) is 0 Å². The lowest BCUT2D eigenvalue weighted by atomic mass is 9.97. The molecule has 0 amide bonds. The van der Waals surface area contributed by atoms with Crippen LogP contribution in [0, 0.1) is 0 Å². The van der Waals surface area contributed by atoms with E-state index in [4.69, 9.17) is 16.3 Å². The molecule has 4 rings (SSSR count). The van der Waals surface area contributed by atoms with Crippen LogP contribution in [0.15, 0.2) is 48.8 Å². The van der Waals surface area contributed by atoms with Crippen LogP contribution in [0.3, 0.4) is 0 Å². The number of hydrogen-bond donors (Lipinski definition) is 1. The first-order chi connectivity index (χ1) is 12.2. The minimum absolute atomic E-state index is 0.0320. The van der Waals surface area contributed by atoms with Crippen LogP contribution in [-0.2, 0) is 4.74 Å². The Morgan fingerprint density at radius 3 is 2.60 bits per heavy atom. The molecule has 1 aliphatic heterocycles. The van der Waals surface area contributed by atoms with Crippen molar-refractivity contribution in [2.45, 2.75) is 6.10 Å². The van der Waals surface area contributed by atoms with Crippen LogP contribution < -0.4 is 0 Å². The summed E-state index contributed by atoms with van der Waals surface area (Å²) in [5.74, 6) is 0. The molecule has 0 saturated carbocycles. The summed E-state index contributed by atoms with van der Waals surface area (Å²) in [5.41, 5.74) is 5.05. The number of nitrogens with one attached hydrogen (secondary N) is 1. The SMILES string of the molecule is CN1CCOC(c2[nH]nc(-c3ccc(Cl)cc3)c2-c2ccncc2)C1. The molecule has 6 heteroatoms. The van der Waals surface area contributed by atoms with E-state index in [0.717, 1.165) is 41.2 Å². The van der Waals surface area contributed by atoms with Crippen molar-refractivity contribution in [3.63, 3.8) is 0 Å². The van der Waals surface area contributed by atoms with E-state index >= 15 is 0 Å². The van der Waals surface area contributed by atoms with Crippen molar-refractivity contribution in [2.75, 3.05) is 26.7 Å². The van der Waals surface area contributed by atoms with Crippen LogP contribution in [0.25, 0.3) is 22.4 Å². The number of morpholine rings is 1. The molecule has 5 nitrogen and oxygen atoms in total. The first-order valence-electron chi connectivity index (χ1n) is 8.27. The van der Waals surface area contributed by atoms with E-state index in [1.165, 1.54) is 0 Å². The van der Waals surface area contributed by atoms with E-state index in [-0.39, 0.29) is 6.10 Å². The van der Waals surface area contributed by atoms with Crippen molar-refractivity contribution in [1.82, 2.24) is 20.1 Å². The first-order valence-corrected chi connectivity index (χ1v) is 8.65. The number of pyridine rings is 1. The fraction of sp³-hybridized carbons (Fsp3) is 0.263. The van der Waals surface area contributed by atoms with Crippen LogP contribution in [0.1, 0.15) is 11.8 Å². The molecule has 1 aromatic carbocycles. The van der Waals surface area contributed by atoms with Crippen molar-refractivity contribution in [3.8, 4) is 22.4 Å². The fourth-order valence-electron chi connectivity index (χ4n) is 3.17. The Bertz CT molecular complexity index is 848. The van der Waals surface area contributed by atoms with Crippen molar-refractivity contribution in [3.05, 3.63) is 59.5 Å². The molecule has 1 fully saturated rings. The molecule has 1 saturated heterocycles. The number of nitrogens with zero attached hydrogens (tertiary/aromatic N) is 3. The summed E-state index contributed by atoms with van der Waals surface area (Å²) >= 11 is 6.04. The Labute approximate surface area is 151 Å². The van der Waals surface area contributed by atoms with E-state index in [0.29, 0.717) is 11.6 Å². The number of H-pyrrole nitrogens is 1. The van der Waals surface area contributed by atoms with Gasteiger partial charge in [0.15, 0.2) is 0 Å². The zero-order chi connectivity index (χ0) is 17.2. The van der Waals surface area contributed by atoms with Gasteiger partial charge in [-0.05, 0) is 36.9 Å². The van der Waals surface area contributed by atoms with E-state index in [1.807, 2.05) is 36.4 Å². The monoisotopic (exact) mass is 354 g/mol. The van der Waals surface area contributed by atoms with Crippen molar-refractivity contribution >= 4 is 11.6 Å². The molecule has 0 spiro atoms. The van der Waals surface area contributed by atoms with Gasteiger partial charge < -0.3 is 9.64 Å². The minimum Gasteiger partial charge on any atom is -0.369 e. The quantitative estimate of drug-likeness (QED) is 0.777. The Balaban J connectivity index is 1.83. The number of rotatable bonds is 3. The topological polar surface area (TPSA) is 54.0 Å². The highest BCUT2D eigenvalue weighted by atomic mass is 35.5. The van der Waals surface area contributed by atoms with Crippen LogP contribution in [0.4, 0.5) is 0 Å². The molecule has 1 N–H and O–H groups in total. The molecule has 3 heterocycles. The third-order valence-electron chi connectivity index (χ3n) is 4.47. The second-order valence-electron chi connectivity index (χ2n) is 6.23. The Kier molecular flexibility index (Phi) is 4.53. The number of hydrogen-bond acceptors (Lipinski definition) is 4. The summed E-state index contributed by atoms with van der Waals surface area (Å²) in [7, 11) is 2.11.